The Kier molecular flexibility index (Phi) is 7.65. The average Bonchev–Trinajstić information content (AvgIpc) is 2.43. The normalized spacial score (nSPS) is 14.5. The summed E-state index contributed by atoms with van der Waals surface area (Å²) in [6.07, 6.45) is 1.28. The van der Waals surface area contributed by atoms with Crippen LogP contribution in [-0.2, 0) is 4.74 Å². The molecule has 4 nitrogen and oxygen atoms in total. The lowest BCUT2D eigenvalue weighted by molar-refractivity contribution is 0.148. The quantitative estimate of drug-likeness (QED) is 0.753. The van der Waals surface area contributed by atoms with E-state index in [9.17, 15) is 4.39 Å². The highest BCUT2D eigenvalue weighted by atomic mass is 19.1. The second-order valence-corrected chi connectivity index (χ2v) is 5.17. The van der Waals surface area contributed by atoms with E-state index in [1.807, 2.05) is 0 Å². The van der Waals surface area contributed by atoms with E-state index < -0.39 is 0 Å². The molecule has 114 valence electrons. The van der Waals surface area contributed by atoms with Gasteiger partial charge in [-0.3, -0.25) is 4.98 Å². The Morgan fingerprint density at radius 2 is 2.20 bits per heavy atom. The molecule has 1 aromatic rings. The topological polar surface area (TPSA) is 37.4 Å². The zero-order chi connectivity index (χ0) is 15.0. The van der Waals surface area contributed by atoms with Crippen LogP contribution in [0.25, 0.3) is 0 Å². The lowest BCUT2D eigenvalue weighted by atomic mass is 9.97. The minimum absolute atomic E-state index is 0.130. The van der Waals surface area contributed by atoms with Gasteiger partial charge < -0.3 is 15.0 Å². The predicted molar refractivity (Wildman–Crippen MR) is 79.1 cm³/mol. The Morgan fingerprint density at radius 1 is 1.45 bits per heavy atom. The molecule has 0 amide bonds. The average molecular weight is 283 g/mol. The fraction of sp³-hybridized carbons (Fsp3) is 0.667. The van der Waals surface area contributed by atoms with Crippen molar-refractivity contribution in [2.45, 2.75) is 19.9 Å². The number of likely N-dealkylation sites (N-methyl/N-ethyl adjacent to an activating group) is 1. The Balaban J connectivity index is 2.66. The molecule has 0 saturated heterocycles. The molecule has 5 heteroatoms. The SMILES string of the molecule is CCNC(c1ccc(F)cn1)C(C)CN(C)CCOC. The highest BCUT2D eigenvalue weighted by molar-refractivity contribution is 5.11. The molecule has 0 saturated carbocycles. The van der Waals surface area contributed by atoms with Gasteiger partial charge in [0.25, 0.3) is 0 Å². The van der Waals surface area contributed by atoms with Crippen LogP contribution in [0.4, 0.5) is 4.39 Å². The number of halogens is 1. The molecule has 20 heavy (non-hydrogen) atoms. The summed E-state index contributed by atoms with van der Waals surface area (Å²) >= 11 is 0. The molecular formula is C15H26FN3O. The molecule has 0 bridgehead atoms. The van der Waals surface area contributed by atoms with Crippen molar-refractivity contribution in [1.82, 2.24) is 15.2 Å². The van der Waals surface area contributed by atoms with Crippen LogP contribution in [0.2, 0.25) is 0 Å². The van der Waals surface area contributed by atoms with E-state index in [1.165, 1.54) is 12.3 Å². The monoisotopic (exact) mass is 283 g/mol. The van der Waals surface area contributed by atoms with Gasteiger partial charge in [-0.2, -0.15) is 0 Å². The Labute approximate surface area is 121 Å². The maximum absolute atomic E-state index is 13.0. The maximum atomic E-state index is 13.0. The highest BCUT2D eigenvalue weighted by Crippen LogP contribution is 2.21. The summed E-state index contributed by atoms with van der Waals surface area (Å²) in [7, 11) is 3.79. The molecular weight excluding hydrogens is 257 g/mol. The summed E-state index contributed by atoms with van der Waals surface area (Å²) in [5, 5.41) is 3.44. The number of ether oxygens (including phenoxy) is 1. The molecule has 1 aromatic heterocycles. The van der Waals surface area contributed by atoms with Crippen molar-refractivity contribution in [2.24, 2.45) is 5.92 Å². The van der Waals surface area contributed by atoms with Crippen LogP contribution < -0.4 is 5.32 Å². The van der Waals surface area contributed by atoms with Gasteiger partial charge in [0, 0.05) is 20.2 Å². The van der Waals surface area contributed by atoms with Gasteiger partial charge in [-0.25, -0.2) is 4.39 Å². The van der Waals surface area contributed by atoms with Crippen molar-refractivity contribution in [3.63, 3.8) is 0 Å². The first-order chi connectivity index (χ1) is 9.58. The van der Waals surface area contributed by atoms with E-state index in [0.29, 0.717) is 5.92 Å². The van der Waals surface area contributed by atoms with E-state index in [0.717, 1.165) is 31.9 Å². The number of hydrogen-bond donors (Lipinski definition) is 1. The summed E-state index contributed by atoms with van der Waals surface area (Å²) in [5.41, 5.74) is 0.890. The highest BCUT2D eigenvalue weighted by Gasteiger charge is 2.20. The van der Waals surface area contributed by atoms with Crippen LogP contribution in [0, 0.1) is 11.7 Å². The molecule has 1 heterocycles. The lowest BCUT2D eigenvalue weighted by Gasteiger charge is -2.28. The number of rotatable bonds is 9. The summed E-state index contributed by atoms with van der Waals surface area (Å²) < 4.78 is 18.1. The van der Waals surface area contributed by atoms with Gasteiger partial charge in [-0.1, -0.05) is 13.8 Å². The second-order valence-electron chi connectivity index (χ2n) is 5.17. The van der Waals surface area contributed by atoms with Gasteiger partial charge in [0.1, 0.15) is 5.82 Å². The minimum atomic E-state index is -0.297. The van der Waals surface area contributed by atoms with Gasteiger partial charge in [-0.05, 0) is 31.6 Å². The van der Waals surface area contributed by atoms with E-state index in [2.05, 4.69) is 36.1 Å². The molecule has 0 spiro atoms. The molecule has 0 aliphatic heterocycles. The fourth-order valence-electron chi connectivity index (χ4n) is 2.32. The molecule has 0 aliphatic rings. The molecule has 2 atom stereocenters. The van der Waals surface area contributed by atoms with Crippen molar-refractivity contribution in [3.05, 3.63) is 29.8 Å². The number of aromatic nitrogens is 1. The Bertz CT molecular complexity index is 372. The van der Waals surface area contributed by atoms with Crippen molar-refractivity contribution >= 4 is 0 Å². The molecule has 0 fully saturated rings. The van der Waals surface area contributed by atoms with Gasteiger partial charge in [0.15, 0.2) is 0 Å². The number of methoxy groups -OCH3 is 1. The van der Waals surface area contributed by atoms with Crippen LogP contribution >= 0.6 is 0 Å². The first-order valence-corrected chi connectivity index (χ1v) is 7.10. The van der Waals surface area contributed by atoms with E-state index in [1.54, 1.807) is 13.2 Å². The molecule has 0 aliphatic carbocycles. The predicted octanol–water partition coefficient (Wildman–Crippen LogP) is 2.09. The van der Waals surface area contributed by atoms with Gasteiger partial charge in [0.2, 0.25) is 0 Å². The van der Waals surface area contributed by atoms with Crippen LogP contribution in [0.3, 0.4) is 0 Å². The van der Waals surface area contributed by atoms with Crippen LogP contribution in [0.1, 0.15) is 25.6 Å². The van der Waals surface area contributed by atoms with Crippen molar-refractivity contribution < 1.29 is 9.13 Å². The molecule has 1 N–H and O–H groups in total. The van der Waals surface area contributed by atoms with Crippen molar-refractivity contribution in [2.75, 3.05) is 40.4 Å². The smallest absolute Gasteiger partial charge is 0.141 e. The van der Waals surface area contributed by atoms with Gasteiger partial charge >= 0.3 is 0 Å². The molecule has 1 rings (SSSR count). The molecule has 0 radical (unpaired) electrons. The Morgan fingerprint density at radius 3 is 2.75 bits per heavy atom. The number of pyridine rings is 1. The molecule has 0 aromatic carbocycles. The van der Waals surface area contributed by atoms with E-state index in [4.69, 9.17) is 4.74 Å². The third kappa shape index (κ3) is 5.53. The van der Waals surface area contributed by atoms with Crippen molar-refractivity contribution in [3.8, 4) is 0 Å². The standard InChI is InChI=1S/C15H26FN3O/c1-5-17-15(14-7-6-13(16)10-18-14)12(2)11-19(3)8-9-20-4/h6-7,10,12,15,17H,5,8-9,11H2,1-4H3. The minimum Gasteiger partial charge on any atom is -0.383 e. The first-order valence-electron chi connectivity index (χ1n) is 7.10. The van der Waals surface area contributed by atoms with Crippen LogP contribution in [0.15, 0.2) is 18.3 Å². The molecule has 2 unspecified atom stereocenters. The number of nitrogens with zero attached hydrogens (tertiary/aromatic N) is 2. The Hall–Kier alpha value is -1.04. The summed E-state index contributed by atoms with van der Waals surface area (Å²) in [4.78, 5) is 6.45. The van der Waals surface area contributed by atoms with E-state index in [-0.39, 0.29) is 11.9 Å². The zero-order valence-corrected chi connectivity index (χ0v) is 12.9. The lowest BCUT2D eigenvalue weighted by Crippen LogP contribution is -2.35. The first kappa shape index (κ1) is 17.0. The van der Waals surface area contributed by atoms with Gasteiger partial charge in [0.05, 0.1) is 24.5 Å². The summed E-state index contributed by atoms with van der Waals surface area (Å²) in [5.74, 6) is 0.0728. The van der Waals surface area contributed by atoms with Gasteiger partial charge in [-0.15, -0.1) is 0 Å². The summed E-state index contributed by atoms with van der Waals surface area (Å²) in [6.45, 7) is 7.66. The fourth-order valence-corrected chi connectivity index (χ4v) is 2.32. The maximum Gasteiger partial charge on any atom is 0.141 e. The van der Waals surface area contributed by atoms with E-state index >= 15 is 0 Å². The number of nitrogens with one attached hydrogen (secondary N) is 1. The number of hydrogen-bond acceptors (Lipinski definition) is 4. The van der Waals surface area contributed by atoms with Crippen LogP contribution in [-0.4, -0.2) is 50.3 Å². The summed E-state index contributed by atoms with van der Waals surface area (Å²) in [6, 6.07) is 3.35. The largest absolute Gasteiger partial charge is 0.383 e. The third-order valence-electron chi connectivity index (χ3n) is 3.34. The van der Waals surface area contributed by atoms with Crippen molar-refractivity contribution in [1.29, 1.82) is 0 Å². The van der Waals surface area contributed by atoms with Crippen LogP contribution in [0.5, 0.6) is 0 Å². The second kappa shape index (κ2) is 9.00. The third-order valence-corrected chi connectivity index (χ3v) is 3.34. The zero-order valence-electron chi connectivity index (χ0n) is 12.9.